The molecule has 0 saturated heterocycles. The van der Waals surface area contributed by atoms with Crippen molar-refractivity contribution < 1.29 is 14.3 Å². The van der Waals surface area contributed by atoms with Gasteiger partial charge in [0.2, 0.25) is 0 Å². The summed E-state index contributed by atoms with van der Waals surface area (Å²) in [7, 11) is 1.54. The van der Waals surface area contributed by atoms with Gasteiger partial charge in [-0.3, -0.25) is 9.59 Å². The molecule has 0 aliphatic carbocycles. The van der Waals surface area contributed by atoms with Gasteiger partial charge in [-0.15, -0.1) is 0 Å². The fraction of sp³-hybridized carbons (Fsp3) is 0.176. The van der Waals surface area contributed by atoms with E-state index < -0.39 is 6.10 Å². The number of nitrogens with one attached hydrogen (secondary N) is 2. The van der Waals surface area contributed by atoms with Crippen molar-refractivity contribution in [1.29, 1.82) is 0 Å². The molecule has 0 heterocycles. The first-order valence-electron chi connectivity index (χ1n) is 7.15. The topological polar surface area (TPSA) is 67.4 Å². The van der Waals surface area contributed by atoms with Gasteiger partial charge < -0.3 is 15.4 Å². The van der Waals surface area contributed by atoms with E-state index in [1.165, 1.54) is 0 Å². The molecule has 0 aliphatic heterocycles. The zero-order valence-corrected chi connectivity index (χ0v) is 14.6. The molecule has 0 saturated carbocycles. The van der Waals surface area contributed by atoms with E-state index in [9.17, 15) is 9.59 Å². The second-order valence-electron chi connectivity index (χ2n) is 4.99. The van der Waals surface area contributed by atoms with Crippen LogP contribution in [-0.2, 0) is 4.79 Å². The summed E-state index contributed by atoms with van der Waals surface area (Å²) in [6, 6.07) is 11.4. The highest BCUT2D eigenvalue weighted by molar-refractivity contribution is 6.42. The standard InChI is InChI=1S/C17H16Cl2N2O3/c1-10(24-13-6-7-14(18)15(19)9-13)16(22)21-12-5-3-4-11(8-12)17(23)20-2/h3-10H,1-2H3,(H,20,23)(H,21,22). The first-order chi connectivity index (χ1) is 11.4. The maximum atomic E-state index is 12.2. The Morgan fingerprint density at radius 2 is 1.83 bits per heavy atom. The summed E-state index contributed by atoms with van der Waals surface area (Å²) in [5.41, 5.74) is 0.957. The summed E-state index contributed by atoms with van der Waals surface area (Å²) < 4.78 is 5.55. The third-order valence-corrected chi connectivity index (χ3v) is 3.93. The Morgan fingerprint density at radius 1 is 1.08 bits per heavy atom. The van der Waals surface area contributed by atoms with Crippen molar-refractivity contribution in [3.05, 3.63) is 58.1 Å². The summed E-state index contributed by atoms with van der Waals surface area (Å²) in [4.78, 5) is 23.8. The van der Waals surface area contributed by atoms with Crippen molar-refractivity contribution >= 4 is 40.7 Å². The second kappa shape index (κ2) is 8.04. The SMILES string of the molecule is CNC(=O)c1cccc(NC(=O)C(C)Oc2ccc(Cl)c(Cl)c2)c1. The van der Waals surface area contributed by atoms with Gasteiger partial charge in [0, 0.05) is 24.4 Å². The van der Waals surface area contributed by atoms with E-state index in [1.807, 2.05) is 0 Å². The lowest BCUT2D eigenvalue weighted by atomic mass is 10.2. The molecule has 0 fully saturated rings. The lowest BCUT2D eigenvalue weighted by molar-refractivity contribution is -0.122. The van der Waals surface area contributed by atoms with Gasteiger partial charge in [-0.25, -0.2) is 0 Å². The molecular weight excluding hydrogens is 351 g/mol. The molecular formula is C17H16Cl2N2O3. The molecule has 1 atom stereocenters. The maximum absolute atomic E-state index is 12.2. The largest absolute Gasteiger partial charge is 0.481 e. The highest BCUT2D eigenvalue weighted by atomic mass is 35.5. The molecule has 2 N–H and O–H groups in total. The Kier molecular flexibility index (Phi) is 6.06. The molecule has 0 aliphatic rings. The minimum atomic E-state index is -0.758. The Balaban J connectivity index is 2.03. The molecule has 0 aromatic heterocycles. The fourth-order valence-electron chi connectivity index (χ4n) is 1.93. The molecule has 0 spiro atoms. The van der Waals surface area contributed by atoms with Crippen molar-refractivity contribution in [3.63, 3.8) is 0 Å². The molecule has 2 rings (SSSR count). The Morgan fingerprint density at radius 3 is 2.50 bits per heavy atom. The van der Waals surface area contributed by atoms with E-state index in [2.05, 4.69) is 10.6 Å². The van der Waals surface area contributed by atoms with Crippen LogP contribution < -0.4 is 15.4 Å². The van der Waals surface area contributed by atoms with E-state index in [0.29, 0.717) is 27.0 Å². The quantitative estimate of drug-likeness (QED) is 0.846. The normalized spacial score (nSPS) is 11.5. The van der Waals surface area contributed by atoms with Crippen LogP contribution in [-0.4, -0.2) is 25.0 Å². The maximum Gasteiger partial charge on any atom is 0.265 e. The van der Waals surface area contributed by atoms with Gasteiger partial charge in [0.05, 0.1) is 10.0 Å². The van der Waals surface area contributed by atoms with Crippen LogP contribution in [0.2, 0.25) is 10.0 Å². The number of hydrogen-bond acceptors (Lipinski definition) is 3. The van der Waals surface area contributed by atoms with Gasteiger partial charge in [-0.1, -0.05) is 29.3 Å². The van der Waals surface area contributed by atoms with Gasteiger partial charge in [0.15, 0.2) is 6.10 Å². The van der Waals surface area contributed by atoms with Crippen molar-refractivity contribution in [1.82, 2.24) is 5.32 Å². The van der Waals surface area contributed by atoms with Gasteiger partial charge in [0.1, 0.15) is 5.75 Å². The minimum Gasteiger partial charge on any atom is -0.481 e. The molecule has 7 heteroatoms. The van der Waals surface area contributed by atoms with E-state index in [1.54, 1.807) is 56.4 Å². The van der Waals surface area contributed by atoms with Crippen LogP contribution in [0, 0.1) is 0 Å². The van der Waals surface area contributed by atoms with E-state index in [-0.39, 0.29) is 11.8 Å². The highest BCUT2D eigenvalue weighted by Crippen LogP contribution is 2.27. The molecule has 2 aromatic carbocycles. The molecule has 5 nitrogen and oxygen atoms in total. The molecule has 126 valence electrons. The first-order valence-corrected chi connectivity index (χ1v) is 7.91. The lowest BCUT2D eigenvalue weighted by Gasteiger charge is -2.15. The van der Waals surface area contributed by atoms with Crippen LogP contribution in [0.1, 0.15) is 17.3 Å². The third kappa shape index (κ3) is 4.63. The molecule has 1 unspecified atom stereocenters. The number of carbonyl (C=O) groups is 2. The van der Waals surface area contributed by atoms with Crippen molar-refractivity contribution in [2.75, 3.05) is 12.4 Å². The smallest absolute Gasteiger partial charge is 0.265 e. The Hall–Kier alpha value is -2.24. The molecule has 0 bridgehead atoms. The van der Waals surface area contributed by atoms with Crippen LogP contribution in [0.25, 0.3) is 0 Å². The average Bonchev–Trinajstić information content (AvgIpc) is 2.57. The van der Waals surface area contributed by atoms with Crippen LogP contribution in [0.5, 0.6) is 5.75 Å². The highest BCUT2D eigenvalue weighted by Gasteiger charge is 2.16. The zero-order chi connectivity index (χ0) is 17.7. The monoisotopic (exact) mass is 366 g/mol. The number of amides is 2. The predicted octanol–water partition coefficient (Wildman–Crippen LogP) is 3.76. The van der Waals surface area contributed by atoms with Crippen LogP contribution in [0.15, 0.2) is 42.5 Å². The molecule has 2 aromatic rings. The number of anilines is 1. The molecule has 0 radical (unpaired) electrons. The van der Waals surface area contributed by atoms with E-state index >= 15 is 0 Å². The predicted molar refractivity (Wildman–Crippen MR) is 95.0 cm³/mol. The summed E-state index contributed by atoms with van der Waals surface area (Å²) in [5, 5.41) is 5.99. The number of carbonyl (C=O) groups excluding carboxylic acids is 2. The zero-order valence-electron chi connectivity index (χ0n) is 13.1. The van der Waals surface area contributed by atoms with Gasteiger partial charge in [-0.2, -0.15) is 0 Å². The van der Waals surface area contributed by atoms with Crippen LogP contribution >= 0.6 is 23.2 Å². The minimum absolute atomic E-state index is 0.230. The number of ether oxygens (including phenoxy) is 1. The first kappa shape index (κ1) is 18.1. The number of rotatable bonds is 5. The van der Waals surface area contributed by atoms with Gasteiger partial charge >= 0.3 is 0 Å². The summed E-state index contributed by atoms with van der Waals surface area (Å²) in [6.45, 7) is 1.61. The summed E-state index contributed by atoms with van der Waals surface area (Å²) >= 11 is 11.8. The van der Waals surface area contributed by atoms with Crippen LogP contribution in [0.3, 0.4) is 0 Å². The summed E-state index contributed by atoms with van der Waals surface area (Å²) in [5.74, 6) is -0.146. The van der Waals surface area contributed by atoms with Crippen molar-refractivity contribution in [2.45, 2.75) is 13.0 Å². The fourth-order valence-corrected chi connectivity index (χ4v) is 2.22. The second-order valence-corrected chi connectivity index (χ2v) is 5.80. The Bertz CT molecular complexity index is 765. The Labute approximate surface area is 149 Å². The molecule has 24 heavy (non-hydrogen) atoms. The van der Waals surface area contributed by atoms with E-state index in [4.69, 9.17) is 27.9 Å². The average molecular weight is 367 g/mol. The molecule has 2 amide bonds. The number of halogens is 2. The van der Waals surface area contributed by atoms with Crippen molar-refractivity contribution in [3.8, 4) is 5.75 Å². The number of benzene rings is 2. The third-order valence-electron chi connectivity index (χ3n) is 3.19. The number of hydrogen-bond donors (Lipinski definition) is 2. The van der Waals surface area contributed by atoms with Gasteiger partial charge in [0.25, 0.3) is 11.8 Å². The van der Waals surface area contributed by atoms with Crippen LogP contribution in [0.4, 0.5) is 5.69 Å². The van der Waals surface area contributed by atoms with E-state index in [0.717, 1.165) is 0 Å². The van der Waals surface area contributed by atoms with Gasteiger partial charge in [-0.05, 0) is 37.3 Å². The lowest BCUT2D eigenvalue weighted by Crippen LogP contribution is -2.30. The summed E-state index contributed by atoms with van der Waals surface area (Å²) in [6.07, 6.45) is -0.758. The van der Waals surface area contributed by atoms with Crippen molar-refractivity contribution in [2.24, 2.45) is 0 Å².